The minimum atomic E-state index is -0.337. The Morgan fingerprint density at radius 1 is 1.22 bits per heavy atom. The molecule has 1 aliphatic rings. The summed E-state index contributed by atoms with van der Waals surface area (Å²) in [5.41, 5.74) is 1.05. The Morgan fingerprint density at radius 3 is 2.61 bits per heavy atom. The predicted molar refractivity (Wildman–Crippen MR) is 83.3 cm³/mol. The lowest BCUT2D eigenvalue weighted by molar-refractivity contribution is -0.137. The smallest absolute Gasteiger partial charge is 0.262 e. The zero-order valence-corrected chi connectivity index (χ0v) is 12.8. The van der Waals surface area contributed by atoms with Gasteiger partial charge in [-0.25, -0.2) is 4.39 Å². The Balaban J connectivity index is 1.58. The lowest BCUT2D eigenvalue weighted by Gasteiger charge is -2.19. The molecule has 120 valence electrons. The summed E-state index contributed by atoms with van der Waals surface area (Å²) in [5.74, 6) is -0.0247. The molecule has 2 aromatic carbocycles. The van der Waals surface area contributed by atoms with Crippen LogP contribution >= 0.6 is 0 Å². The van der Waals surface area contributed by atoms with Gasteiger partial charge in [-0.3, -0.25) is 4.79 Å². The van der Waals surface area contributed by atoms with E-state index in [-0.39, 0.29) is 30.7 Å². The number of rotatable bonds is 4. The lowest BCUT2D eigenvalue weighted by atomic mass is 10.1. The third kappa shape index (κ3) is 3.68. The molecule has 1 heterocycles. The molecule has 0 saturated carbocycles. The zero-order valence-electron chi connectivity index (χ0n) is 12.8. The number of ether oxygens (including phenoxy) is 2. The highest BCUT2D eigenvalue weighted by atomic mass is 19.1. The maximum atomic E-state index is 12.8. The Kier molecular flexibility index (Phi) is 4.57. The molecule has 1 amide bonds. The van der Waals surface area contributed by atoms with E-state index in [1.807, 2.05) is 37.3 Å². The van der Waals surface area contributed by atoms with E-state index in [0.717, 1.165) is 5.56 Å². The maximum absolute atomic E-state index is 12.8. The minimum absolute atomic E-state index is 0.0964. The molecule has 1 fully saturated rings. The quantitative estimate of drug-likeness (QED) is 0.870. The number of carbonyl (C=O) groups is 1. The van der Waals surface area contributed by atoms with Gasteiger partial charge in [0.1, 0.15) is 23.9 Å². The topological polar surface area (TPSA) is 38.8 Å². The van der Waals surface area contributed by atoms with Crippen molar-refractivity contribution in [2.45, 2.75) is 19.3 Å². The van der Waals surface area contributed by atoms with Gasteiger partial charge < -0.3 is 14.4 Å². The van der Waals surface area contributed by atoms with E-state index in [1.165, 1.54) is 24.3 Å². The summed E-state index contributed by atoms with van der Waals surface area (Å²) in [6, 6.07) is 15.4. The second-order valence-corrected chi connectivity index (χ2v) is 5.42. The minimum Gasteiger partial charge on any atom is -0.484 e. The number of hydrogen-bond acceptors (Lipinski definition) is 3. The fourth-order valence-corrected chi connectivity index (χ4v) is 2.60. The van der Waals surface area contributed by atoms with Crippen LogP contribution in [0.1, 0.15) is 18.6 Å². The summed E-state index contributed by atoms with van der Waals surface area (Å²) in [4.78, 5) is 14.0. The molecule has 2 aromatic rings. The second kappa shape index (κ2) is 6.79. The number of hydrogen-bond donors (Lipinski definition) is 0. The summed E-state index contributed by atoms with van der Waals surface area (Å²) in [6.45, 7) is 2.25. The Bertz CT molecular complexity index is 660. The normalized spacial score (nSPS) is 20.5. The van der Waals surface area contributed by atoms with Crippen molar-refractivity contribution >= 4 is 5.91 Å². The molecule has 1 aliphatic heterocycles. The maximum Gasteiger partial charge on any atom is 0.262 e. The molecule has 0 aliphatic carbocycles. The summed E-state index contributed by atoms with van der Waals surface area (Å²) < 4.78 is 24.1. The first-order valence-corrected chi connectivity index (χ1v) is 7.52. The van der Waals surface area contributed by atoms with Crippen molar-refractivity contribution in [2.24, 2.45) is 0 Å². The van der Waals surface area contributed by atoms with E-state index in [2.05, 4.69) is 0 Å². The van der Waals surface area contributed by atoms with Crippen molar-refractivity contribution in [3.8, 4) is 5.75 Å². The van der Waals surface area contributed by atoms with E-state index in [4.69, 9.17) is 9.47 Å². The summed E-state index contributed by atoms with van der Waals surface area (Å²) in [7, 11) is 0. The number of nitrogens with zero attached hydrogens (tertiary/aromatic N) is 1. The van der Waals surface area contributed by atoms with Gasteiger partial charge in [0.05, 0.1) is 6.54 Å². The van der Waals surface area contributed by atoms with Crippen LogP contribution < -0.4 is 4.74 Å². The van der Waals surface area contributed by atoms with Crippen LogP contribution in [0.2, 0.25) is 0 Å². The predicted octanol–water partition coefficient (Wildman–Crippen LogP) is 3.15. The molecular weight excluding hydrogens is 297 g/mol. The van der Waals surface area contributed by atoms with Crippen LogP contribution in [0.15, 0.2) is 54.6 Å². The standard InChI is InChI=1S/C18H18FNO3/c1-13-20(11-17(23-13)14-5-3-2-4-6-14)18(21)12-22-16-9-7-15(19)8-10-16/h2-10,13,17H,11-12H2,1H3. The molecule has 1 saturated heterocycles. The molecular formula is C18H18FNO3. The molecule has 2 atom stereocenters. The molecule has 5 heteroatoms. The largest absolute Gasteiger partial charge is 0.484 e. The molecule has 23 heavy (non-hydrogen) atoms. The number of amides is 1. The molecule has 4 nitrogen and oxygen atoms in total. The second-order valence-electron chi connectivity index (χ2n) is 5.42. The van der Waals surface area contributed by atoms with Crippen LogP contribution in [0.25, 0.3) is 0 Å². The van der Waals surface area contributed by atoms with Crippen LogP contribution in [0.5, 0.6) is 5.75 Å². The number of benzene rings is 2. The van der Waals surface area contributed by atoms with Gasteiger partial charge in [0.25, 0.3) is 5.91 Å². The van der Waals surface area contributed by atoms with E-state index in [9.17, 15) is 9.18 Å². The van der Waals surface area contributed by atoms with Gasteiger partial charge in [0.2, 0.25) is 0 Å². The van der Waals surface area contributed by atoms with Gasteiger partial charge in [-0.2, -0.15) is 0 Å². The highest BCUT2D eigenvalue weighted by Gasteiger charge is 2.34. The third-order valence-corrected chi connectivity index (χ3v) is 3.83. The van der Waals surface area contributed by atoms with Gasteiger partial charge in [-0.05, 0) is 36.8 Å². The first kappa shape index (κ1) is 15.5. The molecule has 2 unspecified atom stereocenters. The fraction of sp³-hybridized carbons (Fsp3) is 0.278. The highest BCUT2D eigenvalue weighted by molar-refractivity contribution is 5.78. The van der Waals surface area contributed by atoms with Crippen molar-refractivity contribution in [1.82, 2.24) is 4.90 Å². The van der Waals surface area contributed by atoms with Crippen molar-refractivity contribution in [1.29, 1.82) is 0 Å². The van der Waals surface area contributed by atoms with Crippen molar-refractivity contribution in [2.75, 3.05) is 13.2 Å². The van der Waals surface area contributed by atoms with Gasteiger partial charge in [-0.15, -0.1) is 0 Å². The molecule has 0 bridgehead atoms. The van der Waals surface area contributed by atoms with Gasteiger partial charge >= 0.3 is 0 Å². The fourth-order valence-electron chi connectivity index (χ4n) is 2.60. The number of carbonyl (C=O) groups excluding carboxylic acids is 1. The molecule has 0 N–H and O–H groups in total. The first-order valence-electron chi connectivity index (χ1n) is 7.52. The molecule has 3 rings (SSSR count). The third-order valence-electron chi connectivity index (χ3n) is 3.83. The highest BCUT2D eigenvalue weighted by Crippen LogP contribution is 2.28. The van der Waals surface area contributed by atoms with Crippen LogP contribution in [0, 0.1) is 5.82 Å². The van der Waals surface area contributed by atoms with E-state index in [0.29, 0.717) is 12.3 Å². The van der Waals surface area contributed by atoms with Crippen molar-refractivity contribution in [3.05, 3.63) is 66.0 Å². The van der Waals surface area contributed by atoms with Crippen LogP contribution in [-0.2, 0) is 9.53 Å². The van der Waals surface area contributed by atoms with Crippen LogP contribution in [0.3, 0.4) is 0 Å². The van der Waals surface area contributed by atoms with Crippen LogP contribution in [0.4, 0.5) is 4.39 Å². The van der Waals surface area contributed by atoms with Gasteiger partial charge in [-0.1, -0.05) is 30.3 Å². The molecule has 0 radical (unpaired) electrons. The summed E-state index contributed by atoms with van der Waals surface area (Å²) in [6.07, 6.45) is -0.425. The zero-order chi connectivity index (χ0) is 16.2. The Morgan fingerprint density at radius 2 is 1.91 bits per heavy atom. The van der Waals surface area contributed by atoms with Crippen molar-refractivity contribution < 1.29 is 18.7 Å². The average molecular weight is 315 g/mol. The molecule has 0 spiro atoms. The average Bonchev–Trinajstić information content (AvgIpc) is 2.97. The van der Waals surface area contributed by atoms with Crippen molar-refractivity contribution in [3.63, 3.8) is 0 Å². The summed E-state index contributed by atoms with van der Waals surface area (Å²) in [5, 5.41) is 0. The SMILES string of the molecule is CC1OC(c2ccccc2)CN1C(=O)COc1ccc(F)cc1. The Labute approximate surface area is 134 Å². The van der Waals surface area contributed by atoms with E-state index in [1.54, 1.807) is 4.90 Å². The molecule has 0 aromatic heterocycles. The first-order chi connectivity index (χ1) is 11.1. The van der Waals surface area contributed by atoms with Gasteiger partial charge in [0, 0.05) is 0 Å². The van der Waals surface area contributed by atoms with E-state index >= 15 is 0 Å². The van der Waals surface area contributed by atoms with E-state index < -0.39 is 0 Å². The monoisotopic (exact) mass is 315 g/mol. The van der Waals surface area contributed by atoms with Gasteiger partial charge in [0.15, 0.2) is 6.61 Å². The van der Waals surface area contributed by atoms with Crippen LogP contribution in [-0.4, -0.2) is 30.2 Å². The number of halogens is 1. The Hall–Kier alpha value is -2.40. The lowest BCUT2D eigenvalue weighted by Crippen LogP contribution is -2.37. The summed E-state index contributed by atoms with van der Waals surface area (Å²) >= 11 is 0.